The maximum Gasteiger partial charge on any atom is 0.115 e. The minimum absolute atomic E-state index is 0.333. The Balaban J connectivity index is 3.28. The Hall–Kier alpha value is -0.850. The van der Waals surface area contributed by atoms with Crippen LogP contribution in [0.15, 0.2) is 12.1 Å². The minimum Gasteiger partial charge on any atom is -0.246 e. The van der Waals surface area contributed by atoms with Gasteiger partial charge in [-0.3, -0.25) is 0 Å². The second kappa shape index (κ2) is 5.14. The summed E-state index contributed by atoms with van der Waals surface area (Å²) in [6.07, 6.45) is 3.00. The highest BCUT2D eigenvalue weighted by molar-refractivity contribution is 5.41. The molecule has 1 aromatic carbocycles. The molecule has 14 heavy (non-hydrogen) atoms. The van der Waals surface area contributed by atoms with E-state index >= 15 is 0 Å². The Morgan fingerprint density at radius 2 is 1.36 bits per heavy atom. The number of hydrogen-bond donors (Lipinski definition) is 0. The van der Waals surface area contributed by atoms with Gasteiger partial charge in [0.25, 0.3) is 0 Å². The maximum absolute atomic E-state index is 12.7. The fourth-order valence-electron chi connectivity index (χ4n) is 2.13. The highest BCUT2D eigenvalue weighted by atomic mass is 19.1. The molecule has 1 rings (SSSR count). The van der Waals surface area contributed by atoms with Crippen molar-refractivity contribution in [2.45, 2.75) is 46.7 Å². The van der Waals surface area contributed by atoms with Gasteiger partial charge in [-0.25, -0.2) is 4.39 Å². The number of rotatable bonds is 4. The van der Waals surface area contributed by atoms with Crippen LogP contribution in [-0.2, 0) is 25.9 Å². The summed E-state index contributed by atoms with van der Waals surface area (Å²) in [5.41, 5.74) is 4.85. The van der Waals surface area contributed by atoms with Gasteiger partial charge in [0, 0.05) is 0 Å². The van der Waals surface area contributed by atoms with Gasteiger partial charge in [0.2, 0.25) is 0 Å². The highest BCUT2D eigenvalue weighted by Crippen LogP contribution is 2.22. The van der Waals surface area contributed by atoms with Crippen molar-refractivity contribution in [3.63, 3.8) is 0 Å². The van der Waals surface area contributed by atoms with Gasteiger partial charge in [-0.1, -0.05) is 32.9 Å². The lowest BCUT2D eigenvalue weighted by atomic mass is 9.92. The minimum atomic E-state index is -0.333. The van der Waals surface area contributed by atoms with Gasteiger partial charge in [-0.05, 0) is 41.5 Å². The van der Waals surface area contributed by atoms with Crippen LogP contribution in [0.5, 0.6) is 0 Å². The highest BCUT2D eigenvalue weighted by Gasteiger charge is 2.08. The number of alkyl halides is 1. The maximum atomic E-state index is 12.7. The van der Waals surface area contributed by atoms with E-state index in [1.165, 1.54) is 16.7 Å². The standard InChI is InChI=1S/C13H19F/c1-4-10-7-8-11(9-14)13(6-3)12(10)5-2/h7-8H,4-6,9H2,1-3H3. The molecule has 0 aliphatic carbocycles. The summed E-state index contributed by atoms with van der Waals surface area (Å²) >= 11 is 0. The molecule has 0 aromatic heterocycles. The van der Waals surface area contributed by atoms with Crippen LogP contribution in [0.3, 0.4) is 0 Å². The van der Waals surface area contributed by atoms with Crippen LogP contribution in [0, 0.1) is 0 Å². The molecule has 1 heteroatoms. The van der Waals surface area contributed by atoms with Crippen molar-refractivity contribution in [1.29, 1.82) is 0 Å². The zero-order chi connectivity index (χ0) is 10.6. The van der Waals surface area contributed by atoms with E-state index in [2.05, 4.69) is 26.8 Å². The average Bonchev–Trinajstić information content (AvgIpc) is 2.26. The van der Waals surface area contributed by atoms with Gasteiger partial charge in [0.05, 0.1) is 0 Å². The van der Waals surface area contributed by atoms with Crippen LogP contribution >= 0.6 is 0 Å². The summed E-state index contributed by atoms with van der Waals surface area (Å²) in [5, 5.41) is 0. The molecule has 0 saturated heterocycles. The van der Waals surface area contributed by atoms with Crippen molar-refractivity contribution < 1.29 is 4.39 Å². The lowest BCUT2D eigenvalue weighted by Crippen LogP contribution is -2.01. The van der Waals surface area contributed by atoms with Crippen LogP contribution in [0.1, 0.15) is 43.0 Å². The van der Waals surface area contributed by atoms with E-state index in [4.69, 9.17) is 0 Å². The Kier molecular flexibility index (Phi) is 4.12. The van der Waals surface area contributed by atoms with Crippen LogP contribution in [0.25, 0.3) is 0 Å². The summed E-state index contributed by atoms with van der Waals surface area (Å²) in [5.74, 6) is 0. The van der Waals surface area contributed by atoms with Gasteiger partial charge >= 0.3 is 0 Å². The van der Waals surface area contributed by atoms with Crippen molar-refractivity contribution in [3.05, 3.63) is 34.4 Å². The molecule has 0 unspecified atom stereocenters. The summed E-state index contributed by atoms with van der Waals surface area (Å²) < 4.78 is 12.7. The molecule has 0 amide bonds. The number of halogens is 1. The summed E-state index contributed by atoms with van der Waals surface area (Å²) in [4.78, 5) is 0. The third-order valence-corrected chi connectivity index (χ3v) is 2.86. The topological polar surface area (TPSA) is 0 Å². The molecule has 0 N–H and O–H groups in total. The lowest BCUT2D eigenvalue weighted by Gasteiger charge is -2.14. The quantitative estimate of drug-likeness (QED) is 0.683. The molecule has 0 spiro atoms. The van der Waals surface area contributed by atoms with Crippen molar-refractivity contribution in [2.75, 3.05) is 0 Å². The smallest absolute Gasteiger partial charge is 0.115 e. The molecule has 0 atom stereocenters. The molecular weight excluding hydrogens is 175 g/mol. The molecule has 0 bridgehead atoms. The normalized spacial score (nSPS) is 10.6. The van der Waals surface area contributed by atoms with E-state index in [1.54, 1.807) is 0 Å². The first kappa shape index (κ1) is 11.2. The molecule has 0 heterocycles. The summed E-state index contributed by atoms with van der Waals surface area (Å²) in [6.45, 7) is 6.08. The molecule has 0 fully saturated rings. The first-order chi connectivity index (χ1) is 6.78. The molecule has 0 nitrogen and oxygen atoms in total. The Bertz CT molecular complexity index is 271. The molecule has 1 aromatic rings. The summed E-state index contributed by atoms with van der Waals surface area (Å²) in [6, 6.07) is 4.02. The largest absolute Gasteiger partial charge is 0.246 e. The van der Waals surface area contributed by atoms with Gasteiger partial charge < -0.3 is 0 Å². The van der Waals surface area contributed by atoms with E-state index in [9.17, 15) is 4.39 Å². The predicted octanol–water partition coefficient (Wildman–Crippen LogP) is 3.84. The van der Waals surface area contributed by atoms with Gasteiger partial charge in [0.1, 0.15) is 6.67 Å². The lowest BCUT2D eigenvalue weighted by molar-refractivity contribution is 0.482. The molecular formula is C13H19F. The average molecular weight is 194 g/mol. The Morgan fingerprint density at radius 3 is 1.79 bits per heavy atom. The third kappa shape index (κ3) is 1.97. The van der Waals surface area contributed by atoms with Crippen molar-refractivity contribution in [2.24, 2.45) is 0 Å². The van der Waals surface area contributed by atoms with Gasteiger partial charge in [0.15, 0.2) is 0 Å². The van der Waals surface area contributed by atoms with Crippen LogP contribution in [0.2, 0.25) is 0 Å². The van der Waals surface area contributed by atoms with E-state index in [0.717, 1.165) is 24.8 Å². The molecule has 0 aliphatic heterocycles. The number of aryl methyl sites for hydroxylation is 1. The molecule has 0 aliphatic rings. The predicted molar refractivity (Wildman–Crippen MR) is 59.4 cm³/mol. The van der Waals surface area contributed by atoms with E-state index in [-0.39, 0.29) is 6.67 Å². The van der Waals surface area contributed by atoms with Crippen LogP contribution in [0.4, 0.5) is 4.39 Å². The SMILES string of the molecule is CCc1ccc(CF)c(CC)c1CC. The van der Waals surface area contributed by atoms with Crippen molar-refractivity contribution >= 4 is 0 Å². The molecule has 78 valence electrons. The van der Waals surface area contributed by atoms with E-state index in [1.807, 2.05) is 6.07 Å². The van der Waals surface area contributed by atoms with E-state index < -0.39 is 0 Å². The summed E-state index contributed by atoms with van der Waals surface area (Å²) in [7, 11) is 0. The van der Waals surface area contributed by atoms with Gasteiger partial charge in [-0.2, -0.15) is 0 Å². The van der Waals surface area contributed by atoms with Gasteiger partial charge in [-0.15, -0.1) is 0 Å². The zero-order valence-corrected chi connectivity index (χ0v) is 9.36. The Morgan fingerprint density at radius 1 is 0.857 bits per heavy atom. The Labute approximate surface area is 86.2 Å². The first-order valence-corrected chi connectivity index (χ1v) is 5.46. The number of benzene rings is 1. The second-order valence-corrected chi connectivity index (χ2v) is 3.54. The zero-order valence-electron chi connectivity index (χ0n) is 9.36. The second-order valence-electron chi connectivity index (χ2n) is 3.54. The van der Waals surface area contributed by atoms with Crippen molar-refractivity contribution in [3.8, 4) is 0 Å². The van der Waals surface area contributed by atoms with Crippen LogP contribution < -0.4 is 0 Å². The first-order valence-electron chi connectivity index (χ1n) is 5.46. The molecule has 0 radical (unpaired) electrons. The third-order valence-electron chi connectivity index (χ3n) is 2.86. The van der Waals surface area contributed by atoms with Crippen molar-refractivity contribution in [1.82, 2.24) is 0 Å². The van der Waals surface area contributed by atoms with E-state index in [0.29, 0.717) is 0 Å². The fourth-order valence-corrected chi connectivity index (χ4v) is 2.13. The fraction of sp³-hybridized carbons (Fsp3) is 0.538. The molecule has 0 saturated carbocycles. The van der Waals surface area contributed by atoms with Crippen LogP contribution in [-0.4, -0.2) is 0 Å². The number of hydrogen-bond acceptors (Lipinski definition) is 0. The monoisotopic (exact) mass is 194 g/mol.